The van der Waals surface area contributed by atoms with E-state index in [0.29, 0.717) is 6.61 Å². The van der Waals surface area contributed by atoms with Gasteiger partial charge < -0.3 is 9.53 Å². The van der Waals surface area contributed by atoms with Crippen molar-refractivity contribution in [3.05, 3.63) is 12.2 Å². The lowest BCUT2D eigenvalue weighted by molar-refractivity contribution is -0.172. The van der Waals surface area contributed by atoms with E-state index in [4.69, 9.17) is 4.74 Å². The Morgan fingerprint density at radius 1 is 1.36 bits per heavy atom. The van der Waals surface area contributed by atoms with Gasteiger partial charge in [0, 0.05) is 11.5 Å². The zero-order chi connectivity index (χ0) is 10.2. The normalized spacial score (nSPS) is 38.6. The molecule has 0 unspecified atom stereocenters. The number of esters is 1. The van der Waals surface area contributed by atoms with E-state index in [-0.39, 0.29) is 16.8 Å². The van der Waals surface area contributed by atoms with Crippen LogP contribution in [0.4, 0.5) is 0 Å². The van der Waals surface area contributed by atoms with Gasteiger partial charge in [-0.25, -0.2) is 4.79 Å². The summed E-state index contributed by atoms with van der Waals surface area (Å²) in [6.45, 7) is 2.20. The highest BCUT2D eigenvalue weighted by Crippen LogP contribution is 2.72. The van der Waals surface area contributed by atoms with E-state index in [2.05, 4.69) is 0 Å². The molecule has 3 fully saturated rings. The monoisotopic (exact) mass is 194 g/mol. The van der Waals surface area contributed by atoms with Crippen LogP contribution in [0.2, 0.25) is 0 Å². The quantitative estimate of drug-likeness (QED) is 0.386. The van der Waals surface area contributed by atoms with Gasteiger partial charge in [0.25, 0.3) is 0 Å². The molecule has 0 aromatic carbocycles. The van der Waals surface area contributed by atoms with Crippen molar-refractivity contribution in [1.82, 2.24) is 0 Å². The molecule has 0 spiro atoms. The molecule has 0 radical (unpaired) electrons. The van der Waals surface area contributed by atoms with E-state index in [1.807, 2.05) is 6.08 Å². The molecule has 0 aliphatic heterocycles. The fraction of sp³-hybridized carbons (Fsp3) is 0.636. The molecule has 2 bridgehead atoms. The second-order valence-electron chi connectivity index (χ2n) is 4.46. The number of rotatable bonds is 4. The van der Waals surface area contributed by atoms with Crippen LogP contribution in [0, 0.1) is 10.8 Å². The summed E-state index contributed by atoms with van der Waals surface area (Å²) in [5.74, 6) is -0.280. The number of hydrogen-bond acceptors (Lipinski definition) is 3. The maximum Gasteiger partial charge on any atom is 0.330 e. The molecule has 0 heterocycles. The zero-order valence-corrected chi connectivity index (χ0v) is 8.29. The lowest BCUT2D eigenvalue weighted by atomic mass is 9.36. The molecule has 3 saturated carbocycles. The SMILES string of the molecule is CCOC(=O)/C=C/C12CC(C=O)(C1)C2. The van der Waals surface area contributed by atoms with Crippen LogP contribution in [0.5, 0.6) is 0 Å². The molecule has 3 aliphatic carbocycles. The fourth-order valence-corrected chi connectivity index (χ4v) is 2.69. The number of ether oxygens (including phenoxy) is 1. The Kier molecular flexibility index (Phi) is 1.98. The summed E-state index contributed by atoms with van der Waals surface area (Å²) in [6, 6.07) is 0. The molecule has 0 atom stereocenters. The van der Waals surface area contributed by atoms with E-state index in [0.717, 1.165) is 25.5 Å². The maximum absolute atomic E-state index is 11.0. The summed E-state index contributed by atoms with van der Waals surface area (Å²) in [7, 11) is 0. The summed E-state index contributed by atoms with van der Waals surface area (Å²) < 4.78 is 4.78. The van der Waals surface area contributed by atoms with Crippen LogP contribution in [-0.2, 0) is 14.3 Å². The van der Waals surface area contributed by atoms with Gasteiger partial charge in [-0.2, -0.15) is 0 Å². The first-order chi connectivity index (χ1) is 6.64. The van der Waals surface area contributed by atoms with Gasteiger partial charge >= 0.3 is 5.97 Å². The molecule has 3 heteroatoms. The Labute approximate surface area is 83.1 Å². The second-order valence-corrected chi connectivity index (χ2v) is 4.46. The van der Waals surface area contributed by atoms with E-state index >= 15 is 0 Å². The van der Waals surface area contributed by atoms with Crippen molar-refractivity contribution in [2.24, 2.45) is 10.8 Å². The highest BCUT2D eigenvalue weighted by atomic mass is 16.5. The standard InChI is InChI=1S/C11H14O3/c1-2-14-9(13)3-4-10-5-11(6-10,7-10)8-12/h3-4,8H,2,5-7H2,1H3/b4-3+. The van der Waals surface area contributed by atoms with E-state index in [1.54, 1.807) is 6.92 Å². The zero-order valence-electron chi connectivity index (χ0n) is 8.29. The fourth-order valence-electron chi connectivity index (χ4n) is 2.69. The van der Waals surface area contributed by atoms with Crippen molar-refractivity contribution in [2.75, 3.05) is 6.61 Å². The molecular weight excluding hydrogens is 180 g/mol. The number of allylic oxidation sites excluding steroid dienone is 1. The molecular formula is C11H14O3. The van der Waals surface area contributed by atoms with Crippen molar-refractivity contribution >= 4 is 12.3 Å². The minimum absolute atomic E-state index is 0.0288. The Balaban J connectivity index is 1.84. The minimum atomic E-state index is -0.280. The third-order valence-corrected chi connectivity index (χ3v) is 3.22. The van der Waals surface area contributed by atoms with Crippen LogP contribution in [0.1, 0.15) is 26.2 Å². The molecule has 0 aromatic rings. The summed E-state index contributed by atoms with van der Waals surface area (Å²) in [6.07, 6.45) is 7.22. The topological polar surface area (TPSA) is 43.4 Å². The van der Waals surface area contributed by atoms with Crippen molar-refractivity contribution in [3.8, 4) is 0 Å². The van der Waals surface area contributed by atoms with Gasteiger partial charge in [-0.05, 0) is 31.6 Å². The molecule has 0 N–H and O–H groups in total. The molecule has 3 rings (SSSR count). The highest BCUT2D eigenvalue weighted by molar-refractivity contribution is 5.82. The molecule has 0 amide bonds. The second kappa shape index (κ2) is 2.94. The van der Waals surface area contributed by atoms with E-state index in [1.165, 1.54) is 6.08 Å². The first kappa shape index (κ1) is 9.44. The average Bonchev–Trinajstić information content (AvgIpc) is 2.00. The van der Waals surface area contributed by atoms with Crippen LogP contribution in [0.25, 0.3) is 0 Å². The van der Waals surface area contributed by atoms with Crippen molar-refractivity contribution in [3.63, 3.8) is 0 Å². The van der Waals surface area contributed by atoms with Crippen LogP contribution >= 0.6 is 0 Å². The molecule has 3 aliphatic rings. The van der Waals surface area contributed by atoms with Gasteiger partial charge in [0.1, 0.15) is 6.29 Å². The molecule has 0 aromatic heterocycles. The lowest BCUT2D eigenvalue weighted by Crippen LogP contribution is -2.61. The van der Waals surface area contributed by atoms with Crippen LogP contribution < -0.4 is 0 Å². The Hall–Kier alpha value is -1.12. The first-order valence-corrected chi connectivity index (χ1v) is 4.96. The largest absolute Gasteiger partial charge is 0.463 e. The summed E-state index contributed by atoms with van der Waals surface area (Å²) in [5.41, 5.74) is 0.118. The van der Waals surface area contributed by atoms with Gasteiger partial charge in [0.2, 0.25) is 0 Å². The number of carbonyl (C=O) groups excluding carboxylic acids is 2. The van der Waals surface area contributed by atoms with Gasteiger partial charge in [-0.1, -0.05) is 6.08 Å². The lowest BCUT2D eigenvalue weighted by Gasteiger charge is -2.67. The van der Waals surface area contributed by atoms with Crippen molar-refractivity contribution in [1.29, 1.82) is 0 Å². The Morgan fingerprint density at radius 2 is 2.00 bits per heavy atom. The van der Waals surface area contributed by atoms with Crippen LogP contribution in [-0.4, -0.2) is 18.9 Å². The third-order valence-electron chi connectivity index (χ3n) is 3.22. The molecule has 76 valence electrons. The first-order valence-electron chi connectivity index (χ1n) is 4.96. The van der Waals surface area contributed by atoms with Gasteiger partial charge in [-0.3, -0.25) is 0 Å². The van der Waals surface area contributed by atoms with Gasteiger partial charge in [-0.15, -0.1) is 0 Å². The molecule has 0 saturated heterocycles. The molecule has 14 heavy (non-hydrogen) atoms. The van der Waals surface area contributed by atoms with Crippen molar-refractivity contribution in [2.45, 2.75) is 26.2 Å². The Bertz CT molecular complexity index is 284. The number of hydrogen-bond donors (Lipinski definition) is 0. The third kappa shape index (κ3) is 1.27. The summed E-state index contributed by atoms with van der Waals surface area (Å²) in [4.78, 5) is 21.6. The summed E-state index contributed by atoms with van der Waals surface area (Å²) in [5, 5.41) is 0. The highest BCUT2D eigenvalue weighted by Gasteiger charge is 2.66. The van der Waals surface area contributed by atoms with Gasteiger partial charge in [0.15, 0.2) is 0 Å². The Morgan fingerprint density at radius 3 is 2.50 bits per heavy atom. The van der Waals surface area contributed by atoms with Crippen LogP contribution in [0.3, 0.4) is 0 Å². The molecule has 3 nitrogen and oxygen atoms in total. The number of carbonyl (C=O) groups is 2. The van der Waals surface area contributed by atoms with Crippen LogP contribution in [0.15, 0.2) is 12.2 Å². The van der Waals surface area contributed by atoms with E-state index < -0.39 is 0 Å². The smallest absolute Gasteiger partial charge is 0.330 e. The van der Waals surface area contributed by atoms with E-state index in [9.17, 15) is 9.59 Å². The summed E-state index contributed by atoms with van der Waals surface area (Å²) >= 11 is 0. The predicted octanol–water partition coefficient (Wildman–Crippen LogP) is 1.47. The average molecular weight is 194 g/mol. The van der Waals surface area contributed by atoms with Gasteiger partial charge in [0.05, 0.1) is 6.61 Å². The maximum atomic E-state index is 11.0. The predicted molar refractivity (Wildman–Crippen MR) is 50.6 cm³/mol. The number of aldehydes is 1. The van der Waals surface area contributed by atoms with Crippen molar-refractivity contribution < 1.29 is 14.3 Å². The minimum Gasteiger partial charge on any atom is -0.463 e.